The molecular formula is C21H38IN5O2S. The number of sulfonamides is 1. The number of guanidine groups is 1. The molecule has 1 aliphatic rings. The summed E-state index contributed by atoms with van der Waals surface area (Å²) in [4.78, 5) is 7.15. The van der Waals surface area contributed by atoms with Gasteiger partial charge in [0.15, 0.2) is 5.96 Å². The lowest BCUT2D eigenvalue weighted by atomic mass is 9.97. The van der Waals surface area contributed by atoms with E-state index in [1.807, 2.05) is 0 Å². The maximum absolute atomic E-state index is 11.5. The summed E-state index contributed by atoms with van der Waals surface area (Å²) in [7, 11) is -3.12. The highest BCUT2D eigenvalue weighted by Crippen LogP contribution is 2.19. The summed E-state index contributed by atoms with van der Waals surface area (Å²) < 4.78 is 25.5. The van der Waals surface area contributed by atoms with Gasteiger partial charge in [0.25, 0.3) is 0 Å². The van der Waals surface area contributed by atoms with Gasteiger partial charge < -0.3 is 10.6 Å². The Labute approximate surface area is 199 Å². The zero-order valence-corrected chi connectivity index (χ0v) is 21.6. The summed E-state index contributed by atoms with van der Waals surface area (Å²) in [5.41, 5.74) is 1.36. The van der Waals surface area contributed by atoms with Crippen LogP contribution in [0.5, 0.6) is 0 Å². The van der Waals surface area contributed by atoms with E-state index < -0.39 is 10.0 Å². The molecule has 2 atom stereocenters. The number of hydrogen-bond donors (Lipinski definition) is 3. The quantitative estimate of drug-likeness (QED) is 0.180. The zero-order valence-electron chi connectivity index (χ0n) is 18.4. The molecule has 172 valence electrons. The number of likely N-dealkylation sites (tertiary alicyclic amines) is 1. The van der Waals surface area contributed by atoms with Crippen molar-refractivity contribution in [1.29, 1.82) is 0 Å². The second-order valence-electron chi connectivity index (χ2n) is 7.58. The standard InChI is InChI=1S/C21H37N5O2S.HI/c1-4-22-21(23-13-9-14-24-29(27,28)5-2)25-20-12-15-26(18(3)16-20)17-19-10-7-6-8-11-19;/h6-8,10-11,18,20,24H,4-5,9,12-17H2,1-3H3,(H2,22,23,25);1H. The van der Waals surface area contributed by atoms with Crippen LogP contribution in [0.25, 0.3) is 0 Å². The van der Waals surface area contributed by atoms with Crippen LogP contribution < -0.4 is 15.4 Å². The summed E-state index contributed by atoms with van der Waals surface area (Å²) in [5, 5.41) is 6.86. The Morgan fingerprint density at radius 1 is 1.23 bits per heavy atom. The number of nitrogens with zero attached hydrogens (tertiary/aromatic N) is 2. The first kappa shape index (κ1) is 27.1. The first-order chi connectivity index (χ1) is 13.9. The van der Waals surface area contributed by atoms with Crippen LogP contribution in [0, 0.1) is 0 Å². The van der Waals surface area contributed by atoms with Crippen molar-refractivity contribution in [2.75, 3.05) is 31.9 Å². The molecule has 3 N–H and O–H groups in total. The van der Waals surface area contributed by atoms with E-state index in [1.54, 1.807) is 6.92 Å². The highest BCUT2D eigenvalue weighted by Gasteiger charge is 2.25. The number of benzene rings is 1. The largest absolute Gasteiger partial charge is 0.357 e. The molecule has 30 heavy (non-hydrogen) atoms. The second kappa shape index (κ2) is 14.2. The van der Waals surface area contributed by atoms with E-state index in [2.05, 4.69) is 69.4 Å². The summed E-state index contributed by atoms with van der Waals surface area (Å²) in [6.07, 6.45) is 2.84. The number of nitrogens with one attached hydrogen (secondary N) is 3. The van der Waals surface area contributed by atoms with Gasteiger partial charge in [0.05, 0.1) is 5.75 Å². The van der Waals surface area contributed by atoms with E-state index >= 15 is 0 Å². The number of piperidine rings is 1. The predicted octanol–water partition coefficient (Wildman–Crippen LogP) is 2.54. The first-order valence-corrected chi connectivity index (χ1v) is 12.4. The SMILES string of the molecule is CCNC(=NCCCNS(=O)(=O)CC)NC1CCN(Cc2ccccc2)C(C)C1.I. The van der Waals surface area contributed by atoms with E-state index in [-0.39, 0.29) is 29.7 Å². The molecule has 1 saturated heterocycles. The molecule has 0 aromatic heterocycles. The average molecular weight is 552 g/mol. The third-order valence-electron chi connectivity index (χ3n) is 5.23. The molecule has 1 heterocycles. The molecule has 1 aromatic rings. The maximum atomic E-state index is 11.5. The number of hydrogen-bond acceptors (Lipinski definition) is 4. The van der Waals surface area contributed by atoms with Crippen molar-refractivity contribution < 1.29 is 8.42 Å². The summed E-state index contributed by atoms with van der Waals surface area (Å²) >= 11 is 0. The van der Waals surface area contributed by atoms with Crippen molar-refractivity contribution in [2.24, 2.45) is 4.99 Å². The number of halogens is 1. The van der Waals surface area contributed by atoms with Gasteiger partial charge in [0.1, 0.15) is 0 Å². The van der Waals surface area contributed by atoms with Crippen LogP contribution in [-0.4, -0.2) is 63.3 Å². The Balaban J connectivity index is 0.00000450. The summed E-state index contributed by atoms with van der Waals surface area (Å²) in [6.45, 7) is 9.86. The van der Waals surface area contributed by atoms with Gasteiger partial charge in [-0.1, -0.05) is 30.3 Å². The molecular weight excluding hydrogens is 513 g/mol. The van der Waals surface area contributed by atoms with Gasteiger partial charge in [0.2, 0.25) is 10.0 Å². The van der Waals surface area contributed by atoms with Crippen LogP contribution in [0.15, 0.2) is 35.3 Å². The van der Waals surface area contributed by atoms with E-state index in [0.717, 1.165) is 38.4 Å². The minimum absolute atomic E-state index is 0. The van der Waals surface area contributed by atoms with Crippen molar-refractivity contribution in [1.82, 2.24) is 20.3 Å². The van der Waals surface area contributed by atoms with Crippen LogP contribution in [0.3, 0.4) is 0 Å². The van der Waals surface area contributed by atoms with E-state index in [0.29, 0.717) is 31.6 Å². The molecule has 0 spiro atoms. The molecule has 2 unspecified atom stereocenters. The molecule has 0 radical (unpaired) electrons. The molecule has 0 aliphatic carbocycles. The normalized spacial score (nSPS) is 20.4. The highest BCUT2D eigenvalue weighted by atomic mass is 127. The Hall–Kier alpha value is -0.910. The third-order valence-corrected chi connectivity index (χ3v) is 6.64. The summed E-state index contributed by atoms with van der Waals surface area (Å²) in [6, 6.07) is 11.5. The van der Waals surface area contributed by atoms with Crippen molar-refractivity contribution in [3.05, 3.63) is 35.9 Å². The lowest BCUT2D eigenvalue weighted by Crippen LogP contribution is -2.51. The molecule has 1 aromatic carbocycles. The maximum Gasteiger partial charge on any atom is 0.211 e. The minimum Gasteiger partial charge on any atom is -0.357 e. The predicted molar refractivity (Wildman–Crippen MR) is 136 cm³/mol. The Morgan fingerprint density at radius 3 is 2.60 bits per heavy atom. The highest BCUT2D eigenvalue weighted by molar-refractivity contribution is 14.0. The van der Waals surface area contributed by atoms with Gasteiger partial charge in [-0.2, -0.15) is 0 Å². The molecule has 0 amide bonds. The molecule has 1 aliphatic heterocycles. The molecule has 9 heteroatoms. The zero-order chi connectivity index (χ0) is 21.1. The Bertz CT molecular complexity index is 730. The Kier molecular flexibility index (Phi) is 12.8. The van der Waals surface area contributed by atoms with E-state index in [9.17, 15) is 8.42 Å². The number of aliphatic imine (C=N–C) groups is 1. The molecule has 2 rings (SSSR count). The monoisotopic (exact) mass is 551 g/mol. The first-order valence-electron chi connectivity index (χ1n) is 10.7. The van der Waals surface area contributed by atoms with Gasteiger partial charge in [-0.15, -0.1) is 24.0 Å². The fraction of sp³-hybridized carbons (Fsp3) is 0.667. The van der Waals surface area contributed by atoms with Gasteiger partial charge >= 0.3 is 0 Å². The van der Waals surface area contributed by atoms with Crippen molar-refractivity contribution in [3.8, 4) is 0 Å². The lowest BCUT2D eigenvalue weighted by Gasteiger charge is -2.38. The molecule has 1 fully saturated rings. The lowest BCUT2D eigenvalue weighted by molar-refractivity contribution is 0.134. The van der Waals surface area contributed by atoms with Gasteiger partial charge in [-0.05, 0) is 45.6 Å². The fourth-order valence-corrected chi connectivity index (χ4v) is 4.18. The van der Waals surface area contributed by atoms with Gasteiger partial charge in [-0.25, -0.2) is 13.1 Å². The van der Waals surface area contributed by atoms with Crippen molar-refractivity contribution in [3.63, 3.8) is 0 Å². The van der Waals surface area contributed by atoms with E-state index in [4.69, 9.17) is 0 Å². The van der Waals surface area contributed by atoms with Crippen molar-refractivity contribution >= 4 is 40.0 Å². The molecule has 7 nitrogen and oxygen atoms in total. The van der Waals surface area contributed by atoms with Crippen LogP contribution in [-0.2, 0) is 16.6 Å². The van der Waals surface area contributed by atoms with Gasteiger partial charge in [-0.3, -0.25) is 9.89 Å². The average Bonchev–Trinajstić information content (AvgIpc) is 2.70. The van der Waals surface area contributed by atoms with Crippen LogP contribution in [0.4, 0.5) is 0 Å². The summed E-state index contributed by atoms with van der Waals surface area (Å²) in [5.74, 6) is 0.932. The Morgan fingerprint density at radius 2 is 1.97 bits per heavy atom. The minimum atomic E-state index is -3.12. The van der Waals surface area contributed by atoms with Crippen LogP contribution >= 0.6 is 24.0 Å². The third kappa shape index (κ3) is 9.93. The fourth-order valence-electron chi connectivity index (χ4n) is 3.52. The number of rotatable bonds is 10. The molecule has 0 saturated carbocycles. The van der Waals surface area contributed by atoms with Crippen LogP contribution in [0.2, 0.25) is 0 Å². The van der Waals surface area contributed by atoms with Crippen molar-refractivity contribution in [2.45, 2.75) is 58.7 Å². The van der Waals surface area contributed by atoms with Crippen LogP contribution in [0.1, 0.15) is 45.6 Å². The smallest absolute Gasteiger partial charge is 0.211 e. The van der Waals surface area contributed by atoms with Gasteiger partial charge in [0, 0.05) is 44.8 Å². The molecule has 0 bridgehead atoms. The topological polar surface area (TPSA) is 85.8 Å². The second-order valence-corrected chi connectivity index (χ2v) is 9.68. The van der Waals surface area contributed by atoms with E-state index in [1.165, 1.54) is 5.56 Å².